The summed E-state index contributed by atoms with van der Waals surface area (Å²) in [4.78, 5) is 9.57. The Bertz CT molecular complexity index is 598. The zero-order valence-electron chi connectivity index (χ0n) is 17.7. The average Bonchev–Trinajstić information content (AvgIpc) is 3.13. The molecule has 0 saturated carbocycles. The Balaban J connectivity index is 0.00000392. The van der Waals surface area contributed by atoms with Crippen LogP contribution in [0.2, 0.25) is 0 Å². The average molecular weight is 506 g/mol. The molecule has 7 heteroatoms. The Morgan fingerprint density at radius 2 is 2.04 bits per heavy atom. The summed E-state index contributed by atoms with van der Waals surface area (Å²) in [6.07, 6.45) is 1.01. The van der Waals surface area contributed by atoms with Gasteiger partial charge in [-0.05, 0) is 51.4 Å². The van der Waals surface area contributed by atoms with Gasteiger partial charge in [0.1, 0.15) is 6.10 Å². The highest BCUT2D eigenvalue weighted by atomic mass is 127. The first-order chi connectivity index (χ1) is 13.1. The van der Waals surface area contributed by atoms with Crippen molar-refractivity contribution in [1.82, 2.24) is 15.1 Å². The molecule has 1 N–H and O–H groups in total. The maximum atomic E-state index is 13.7. The number of ether oxygens (including phenoxy) is 1. The molecule has 160 valence electrons. The number of hydrogen-bond acceptors (Lipinski definition) is 3. The molecule has 1 aromatic rings. The fraction of sp³-hybridized carbons (Fsp3) is 0.667. The molecule has 1 aromatic carbocycles. The summed E-state index contributed by atoms with van der Waals surface area (Å²) < 4.78 is 19.4. The van der Waals surface area contributed by atoms with E-state index in [1.807, 2.05) is 6.92 Å². The lowest BCUT2D eigenvalue weighted by atomic mass is 10.1. The van der Waals surface area contributed by atoms with Crippen LogP contribution in [-0.4, -0.2) is 67.7 Å². The summed E-state index contributed by atoms with van der Waals surface area (Å²) >= 11 is 0. The largest absolute Gasteiger partial charge is 0.486 e. The van der Waals surface area contributed by atoms with Gasteiger partial charge in [-0.15, -0.1) is 24.0 Å². The first-order valence-electron chi connectivity index (χ1n) is 10.2. The van der Waals surface area contributed by atoms with Crippen molar-refractivity contribution in [2.45, 2.75) is 40.2 Å². The van der Waals surface area contributed by atoms with Crippen molar-refractivity contribution < 1.29 is 9.13 Å². The molecule has 0 amide bonds. The molecule has 2 rings (SSSR count). The molecule has 2 atom stereocenters. The molecule has 1 aliphatic rings. The number of halogens is 2. The van der Waals surface area contributed by atoms with Crippen LogP contribution < -0.4 is 10.1 Å². The minimum atomic E-state index is -0.334. The highest BCUT2D eigenvalue weighted by molar-refractivity contribution is 14.0. The molecule has 1 aliphatic heterocycles. The summed E-state index contributed by atoms with van der Waals surface area (Å²) in [5.74, 6) is 1.56. The highest BCUT2D eigenvalue weighted by Crippen LogP contribution is 2.19. The van der Waals surface area contributed by atoms with Gasteiger partial charge in [0.2, 0.25) is 0 Å². The second-order valence-electron chi connectivity index (χ2n) is 7.14. The van der Waals surface area contributed by atoms with Crippen molar-refractivity contribution in [3.8, 4) is 5.75 Å². The molecule has 5 nitrogen and oxygen atoms in total. The van der Waals surface area contributed by atoms with Crippen molar-refractivity contribution in [2.24, 2.45) is 10.9 Å². The summed E-state index contributed by atoms with van der Waals surface area (Å²) in [6, 6.07) is 6.50. The van der Waals surface area contributed by atoms with E-state index in [-0.39, 0.29) is 41.6 Å². The van der Waals surface area contributed by atoms with Gasteiger partial charge in [-0.1, -0.05) is 26.0 Å². The summed E-state index contributed by atoms with van der Waals surface area (Å²) in [5, 5.41) is 3.39. The molecule has 28 heavy (non-hydrogen) atoms. The van der Waals surface area contributed by atoms with E-state index in [1.54, 1.807) is 18.2 Å². The van der Waals surface area contributed by atoms with Crippen LogP contribution in [-0.2, 0) is 0 Å². The number of para-hydroxylation sites is 1. The third kappa shape index (κ3) is 7.73. The number of nitrogens with one attached hydrogen (secondary N) is 1. The number of rotatable bonds is 9. The highest BCUT2D eigenvalue weighted by Gasteiger charge is 2.26. The number of hydrogen-bond donors (Lipinski definition) is 1. The SMILES string of the molecule is CCNC(=NCC(C)Oc1ccccc1F)N1CCC(CN(CC)CC)C1.I. The minimum Gasteiger partial charge on any atom is -0.486 e. The second kappa shape index (κ2) is 13.2. The van der Waals surface area contributed by atoms with Crippen molar-refractivity contribution in [3.63, 3.8) is 0 Å². The Morgan fingerprint density at radius 3 is 2.68 bits per heavy atom. The number of nitrogens with zero attached hydrogens (tertiary/aromatic N) is 3. The summed E-state index contributed by atoms with van der Waals surface area (Å²) in [6.45, 7) is 15.2. The van der Waals surface area contributed by atoms with Gasteiger partial charge in [0.15, 0.2) is 17.5 Å². The van der Waals surface area contributed by atoms with E-state index in [1.165, 1.54) is 12.5 Å². The van der Waals surface area contributed by atoms with Gasteiger partial charge in [-0.3, -0.25) is 0 Å². The molecule has 1 fully saturated rings. The topological polar surface area (TPSA) is 40.1 Å². The van der Waals surface area contributed by atoms with E-state index in [9.17, 15) is 4.39 Å². The molecule has 0 aromatic heterocycles. The Kier molecular flexibility index (Phi) is 11.8. The van der Waals surface area contributed by atoms with E-state index in [0.717, 1.165) is 45.2 Å². The van der Waals surface area contributed by atoms with Gasteiger partial charge in [-0.2, -0.15) is 0 Å². The standard InChI is InChI=1S/C21H35FN4O.HI/c1-5-23-21(26-13-12-18(16-26)15-25(6-2)7-3)24-14-17(4)27-20-11-9-8-10-19(20)22;/h8-11,17-18H,5-7,12-16H2,1-4H3,(H,23,24);1H. The predicted octanol–water partition coefficient (Wildman–Crippen LogP) is 3.84. The molecule has 0 bridgehead atoms. The lowest BCUT2D eigenvalue weighted by Crippen LogP contribution is -2.41. The van der Waals surface area contributed by atoms with Crippen LogP contribution in [0.3, 0.4) is 0 Å². The summed E-state index contributed by atoms with van der Waals surface area (Å²) in [5.41, 5.74) is 0. The van der Waals surface area contributed by atoms with Gasteiger partial charge in [0, 0.05) is 26.2 Å². The van der Waals surface area contributed by atoms with Crippen LogP contribution in [0.25, 0.3) is 0 Å². The molecule has 1 heterocycles. The molecule has 0 spiro atoms. The first kappa shape index (κ1) is 24.9. The molecule has 0 radical (unpaired) electrons. The van der Waals surface area contributed by atoms with Crippen molar-refractivity contribution in [1.29, 1.82) is 0 Å². The molecule has 0 aliphatic carbocycles. The van der Waals surface area contributed by atoms with E-state index in [0.29, 0.717) is 12.5 Å². The van der Waals surface area contributed by atoms with Gasteiger partial charge < -0.3 is 19.9 Å². The zero-order chi connectivity index (χ0) is 19.6. The lowest BCUT2D eigenvalue weighted by Gasteiger charge is -2.24. The minimum absolute atomic E-state index is 0. The Hall–Kier alpha value is -1.09. The monoisotopic (exact) mass is 506 g/mol. The first-order valence-corrected chi connectivity index (χ1v) is 10.2. The molecule has 1 saturated heterocycles. The van der Waals surface area contributed by atoms with Gasteiger partial charge in [-0.25, -0.2) is 9.38 Å². The Labute approximate surface area is 186 Å². The molecular weight excluding hydrogens is 470 g/mol. The molecule has 2 unspecified atom stereocenters. The number of likely N-dealkylation sites (tertiary alicyclic amines) is 1. The quantitative estimate of drug-likeness (QED) is 0.314. The maximum absolute atomic E-state index is 13.7. The maximum Gasteiger partial charge on any atom is 0.194 e. The van der Waals surface area contributed by atoms with Crippen molar-refractivity contribution >= 4 is 29.9 Å². The van der Waals surface area contributed by atoms with Crippen LogP contribution in [0.1, 0.15) is 34.1 Å². The molecular formula is C21H36FIN4O. The van der Waals surface area contributed by atoms with Crippen molar-refractivity contribution in [3.05, 3.63) is 30.1 Å². The Morgan fingerprint density at radius 1 is 1.32 bits per heavy atom. The second-order valence-corrected chi connectivity index (χ2v) is 7.14. The van der Waals surface area contributed by atoms with Crippen LogP contribution in [0, 0.1) is 11.7 Å². The van der Waals surface area contributed by atoms with Crippen molar-refractivity contribution in [2.75, 3.05) is 45.8 Å². The zero-order valence-corrected chi connectivity index (χ0v) is 20.0. The third-order valence-electron chi connectivity index (χ3n) is 4.99. The van der Waals surface area contributed by atoms with Gasteiger partial charge >= 0.3 is 0 Å². The van der Waals surface area contributed by atoms with E-state index >= 15 is 0 Å². The van der Waals surface area contributed by atoms with E-state index < -0.39 is 0 Å². The predicted molar refractivity (Wildman–Crippen MR) is 125 cm³/mol. The van der Waals surface area contributed by atoms with Crippen LogP contribution in [0.15, 0.2) is 29.3 Å². The van der Waals surface area contributed by atoms with Gasteiger partial charge in [0.25, 0.3) is 0 Å². The van der Waals surface area contributed by atoms with Crippen LogP contribution in [0.4, 0.5) is 4.39 Å². The number of aliphatic imine (C=N–C) groups is 1. The smallest absolute Gasteiger partial charge is 0.194 e. The normalized spacial score (nSPS) is 18.1. The van der Waals surface area contributed by atoms with Gasteiger partial charge in [0.05, 0.1) is 6.54 Å². The fourth-order valence-corrected chi connectivity index (χ4v) is 3.46. The van der Waals surface area contributed by atoms with Crippen LogP contribution in [0.5, 0.6) is 5.75 Å². The van der Waals surface area contributed by atoms with E-state index in [2.05, 4.69) is 35.9 Å². The third-order valence-corrected chi connectivity index (χ3v) is 4.99. The van der Waals surface area contributed by atoms with E-state index in [4.69, 9.17) is 9.73 Å². The lowest BCUT2D eigenvalue weighted by molar-refractivity contribution is 0.219. The fourth-order valence-electron chi connectivity index (χ4n) is 3.46. The summed E-state index contributed by atoms with van der Waals surface area (Å²) in [7, 11) is 0. The number of benzene rings is 1. The van der Waals surface area contributed by atoms with Crippen LogP contribution >= 0.6 is 24.0 Å². The number of guanidine groups is 1.